The van der Waals surface area contributed by atoms with Gasteiger partial charge in [-0.1, -0.05) is 49.6 Å². The first-order valence-corrected chi connectivity index (χ1v) is 8.95. The second kappa shape index (κ2) is 7.45. The molecule has 2 N–H and O–H groups in total. The van der Waals surface area contributed by atoms with Gasteiger partial charge in [0.1, 0.15) is 0 Å². The lowest BCUT2D eigenvalue weighted by Gasteiger charge is -2.38. The highest BCUT2D eigenvalue weighted by Crippen LogP contribution is 2.32. The average Bonchev–Trinajstić information content (AvgIpc) is 2.59. The largest absolute Gasteiger partial charge is 0.385 e. The molecule has 0 bridgehead atoms. The summed E-state index contributed by atoms with van der Waals surface area (Å²) in [6.45, 7) is 1.99. The van der Waals surface area contributed by atoms with E-state index in [-0.39, 0.29) is 5.91 Å². The molecule has 4 heteroatoms. The molecule has 0 radical (unpaired) electrons. The molecule has 0 spiro atoms. The molecule has 1 heterocycles. The number of amides is 1. The van der Waals surface area contributed by atoms with Crippen LogP contribution in [-0.4, -0.2) is 41.6 Å². The summed E-state index contributed by atoms with van der Waals surface area (Å²) in [5, 5.41) is 14.0. The number of piperidine rings is 1. The summed E-state index contributed by atoms with van der Waals surface area (Å²) in [5.41, 5.74) is 0.253. The Balaban J connectivity index is 1.46. The van der Waals surface area contributed by atoms with Gasteiger partial charge in [-0.3, -0.25) is 9.69 Å². The van der Waals surface area contributed by atoms with Crippen LogP contribution in [0.15, 0.2) is 30.3 Å². The predicted molar refractivity (Wildman–Crippen MR) is 91.0 cm³/mol. The summed E-state index contributed by atoms with van der Waals surface area (Å²) in [5.74, 6) is 0.141. The summed E-state index contributed by atoms with van der Waals surface area (Å²) in [4.78, 5) is 14.4. The number of nitrogens with zero attached hydrogens (tertiary/aromatic N) is 1. The number of carbonyl (C=O) groups excluding carboxylic acids is 1. The fraction of sp³-hybridized carbons (Fsp3) is 0.632. The maximum atomic E-state index is 12.2. The van der Waals surface area contributed by atoms with E-state index in [4.69, 9.17) is 0 Å². The van der Waals surface area contributed by atoms with Crippen LogP contribution >= 0.6 is 0 Å². The van der Waals surface area contributed by atoms with Crippen LogP contribution < -0.4 is 5.32 Å². The van der Waals surface area contributed by atoms with Gasteiger partial charge in [0, 0.05) is 19.1 Å². The minimum atomic E-state index is -0.738. The van der Waals surface area contributed by atoms with Crippen molar-refractivity contribution in [2.75, 3.05) is 19.6 Å². The van der Waals surface area contributed by atoms with Gasteiger partial charge in [0.25, 0.3) is 0 Å². The van der Waals surface area contributed by atoms with E-state index in [0.717, 1.165) is 31.5 Å². The van der Waals surface area contributed by atoms with Crippen molar-refractivity contribution < 1.29 is 9.90 Å². The second-order valence-electron chi connectivity index (χ2n) is 7.08. The first-order chi connectivity index (χ1) is 11.2. The van der Waals surface area contributed by atoms with Crippen molar-refractivity contribution in [3.8, 4) is 0 Å². The Morgan fingerprint density at radius 3 is 2.43 bits per heavy atom. The Morgan fingerprint density at radius 2 is 1.78 bits per heavy atom. The van der Waals surface area contributed by atoms with Gasteiger partial charge in [0.15, 0.2) is 0 Å². The van der Waals surface area contributed by atoms with E-state index in [1.807, 2.05) is 30.3 Å². The van der Waals surface area contributed by atoms with Crippen LogP contribution in [0.2, 0.25) is 0 Å². The molecule has 4 nitrogen and oxygen atoms in total. The van der Waals surface area contributed by atoms with Crippen LogP contribution in [0.1, 0.15) is 50.5 Å². The van der Waals surface area contributed by atoms with E-state index in [9.17, 15) is 9.90 Å². The molecule has 23 heavy (non-hydrogen) atoms. The predicted octanol–water partition coefficient (Wildman–Crippen LogP) is 2.42. The van der Waals surface area contributed by atoms with Crippen molar-refractivity contribution in [2.45, 2.75) is 56.6 Å². The fourth-order valence-corrected chi connectivity index (χ4v) is 3.84. The number of carbonyl (C=O) groups is 1. The Kier molecular flexibility index (Phi) is 5.34. The summed E-state index contributed by atoms with van der Waals surface area (Å²) in [6, 6.07) is 10.3. The zero-order chi connectivity index (χ0) is 16.1. The van der Waals surface area contributed by atoms with Gasteiger partial charge in [-0.2, -0.15) is 0 Å². The number of rotatable bonds is 4. The van der Waals surface area contributed by atoms with Crippen LogP contribution in [-0.2, 0) is 10.4 Å². The van der Waals surface area contributed by atoms with Gasteiger partial charge in [0.05, 0.1) is 12.1 Å². The summed E-state index contributed by atoms with van der Waals surface area (Å²) < 4.78 is 0. The molecule has 1 aliphatic carbocycles. The molecule has 3 rings (SSSR count). The lowest BCUT2D eigenvalue weighted by Crippen LogP contribution is -2.48. The molecule has 1 saturated heterocycles. The van der Waals surface area contributed by atoms with Crippen LogP contribution in [0, 0.1) is 0 Å². The van der Waals surface area contributed by atoms with E-state index in [1.54, 1.807) is 0 Å². The summed E-state index contributed by atoms with van der Waals surface area (Å²) in [6.07, 6.45) is 7.40. The third kappa shape index (κ3) is 4.33. The molecule has 0 atom stereocenters. The minimum absolute atomic E-state index is 0.141. The smallest absolute Gasteiger partial charge is 0.234 e. The molecular formula is C19H28N2O2. The number of benzene rings is 1. The molecule has 1 aromatic rings. The van der Waals surface area contributed by atoms with Gasteiger partial charge in [-0.15, -0.1) is 0 Å². The van der Waals surface area contributed by atoms with E-state index in [2.05, 4.69) is 10.2 Å². The zero-order valence-electron chi connectivity index (χ0n) is 13.8. The maximum Gasteiger partial charge on any atom is 0.234 e. The normalized spacial score (nSPS) is 22.7. The molecule has 1 saturated carbocycles. The van der Waals surface area contributed by atoms with Gasteiger partial charge >= 0.3 is 0 Å². The second-order valence-corrected chi connectivity index (χ2v) is 7.08. The van der Waals surface area contributed by atoms with Crippen molar-refractivity contribution in [1.82, 2.24) is 10.2 Å². The number of hydrogen-bond acceptors (Lipinski definition) is 3. The Morgan fingerprint density at radius 1 is 1.13 bits per heavy atom. The third-order valence-electron chi connectivity index (χ3n) is 5.33. The molecule has 1 amide bonds. The lowest BCUT2D eigenvalue weighted by molar-refractivity contribution is -0.124. The van der Waals surface area contributed by atoms with E-state index in [0.29, 0.717) is 25.4 Å². The van der Waals surface area contributed by atoms with Crippen molar-refractivity contribution in [3.05, 3.63) is 35.9 Å². The monoisotopic (exact) mass is 316 g/mol. The first kappa shape index (κ1) is 16.5. The Labute approximate surface area is 138 Å². The SMILES string of the molecule is O=C(CN1CCC(O)(c2ccccc2)CC1)NC1CCCCC1. The van der Waals surface area contributed by atoms with E-state index < -0.39 is 5.60 Å². The lowest BCUT2D eigenvalue weighted by atomic mass is 9.84. The topological polar surface area (TPSA) is 52.6 Å². The molecule has 2 aliphatic rings. The highest BCUT2D eigenvalue weighted by atomic mass is 16.3. The van der Waals surface area contributed by atoms with Crippen molar-refractivity contribution >= 4 is 5.91 Å². The third-order valence-corrected chi connectivity index (χ3v) is 5.33. The molecule has 2 fully saturated rings. The fourth-order valence-electron chi connectivity index (χ4n) is 3.84. The molecule has 0 aromatic heterocycles. The Hall–Kier alpha value is -1.39. The zero-order valence-corrected chi connectivity index (χ0v) is 13.8. The quantitative estimate of drug-likeness (QED) is 0.897. The molecule has 1 aliphatic heterocycles. The summed E-state index contributed by atoms with van der Waals surface area (Å²) >= 11 is 0. The molecule has 1 aromatic carbocycles. The summed E-state index contributed by atoms with van der Waals surface area (Å²) in [7, 11) is 0. The van der Waals surface area contributed by atoms with E-state index in [1.165, 1.54) is 19.3 Å². The van der Waals surface area contributed by atoms with Gasteiger partial charge in [-0.25, -0.2) is 0 Å². The maximum absolute atomic E-state index is 12.2. The van der Waals surface area contributed by atoms with Gasteiger partial charge in [0.2, 0.25) is 5.91 Å². The van der Waals surface area contributed by atoms with Crippen LogP contribution in [0.4, 0.5) is 0 Å². The van der Waals surface area contributed by atoms with Crippen molar-refractivity contribution in [3.63, 3.8) is 0 Å². The van der Waals surface area contributed by atoms with Crippen LogP contribution in [0.25, 0.3) is 0 Å². The van der Waals surface area contributed by atoms with Crippen LogP contribution in [0.5, 0.6) is 0 Å². The number of aliphatic hydroxyl groups is 1. The first-order valence-electron chi connectivity index (χ1n) is 8.95. The van der Waals surface area contributed by atoms with Gasteiger partial charge in [-0.05, 0) is 31.2 Å². The standard InChI is InChI=1S/C19H28N2O2/c22-18(20-17-9-5-2-6-10-17)15-21-13-11-19(23,12-14-21)16-7-3-1-4-8-16/h1,3-4,7-8,17,23H,2,5-6,9-15H2,(H,20,22). The molecular weight excluding hydrogens is 288 g/mol. The van der Waals surface area contributed by atoms with Crippen molar-refractivity contribution in [1.29, 1.82) is 0 Å². The van der Waals surface area contributed by atoms with E-state index >= 15 is 0 Å². The average molecular weight is 316 g/mol. The van der Waals surface area contributed by atoms with Crippen molar-refractivity contribution in [2.24, 2.45) is 0 Å². The Bertz CT molecular complexity index is 503. The highest BCUT2D eigenvalue weighted by Gasteiger charge is 2.34. The van der Waals surface area contributed by atoms with Gasteiger partial charge < -0.3 is 10.4 Å². The minimum Gasteiger partial charge on any atom is -0.385 e. The van der Waals surface area contributed by atoms with Crippen LogP contribution in [0.3, 0.4) is 0 Å². The number of hydrogen-bond donors (Lipinski definition) is 2. The molecule has 0 unspecified atom stereocenters. The number of nitrogens with one attached hydrogen (secondary N) is 1. The molecule has 126 valence electrons. The highest BCUT2D eigenvalue weighted by molar-refractivity contribution is 5.78. The number of likely N-dealkylation sites (tertiary alicyclic amines) is 1.